The van der Waals surface area contributed by atoms with Gasteiger partial charge in [0.1, 0.15) is 10.6 Å². The first-order chi connectivity index (χ1) is 15.6. The summed E-state index contributed by atoms with van der Waals surface area (Å²) in [5.74, 6) is 0.181. The number of fused-ring (bicyclic) bond motifs is 1. The number of sulfonamides is 1. The minimum Gasteiger partial charge on any atom is -0.493 e. The molecule has 0 amide bonds. The predicted molar refractivity (Wildman–Crippen MR) is 126 cm³/mol. The lowest BCUT2D eigenvalue weighted by molar-refractivity contribution is -0.385. The van der Waals surface area contributed by atoms with Crippen molar-refractivity contribution in [3.8, 4) is 5.88 Å². The molecule has 0 unspecified atom stereocenters. The van der Waals surface area contributed by atoms with E-state index in [1.807, 2.05) is 32.0 Å². The number of nitrogens with zero attached hydrogens (tertiary/aromatic N) is 5. The second kappa shape index (κ2) is 9.67. The molecule has 33 heavy (non-hydrogen) atoms. The highest BCUT2D eigenvalue weighted by molar-refractivity contribution is 7.89. The van der Waals surface area contributed by atoms with Crippen LogP contribution in [0.1, 0.15) is 27.7 Å². The highest BCUT2D eigenvalue weighted by Gasteiger charge is 2.27. The summed E-state index contributed by atoms with van der Waals surface area (Å²) in [6.45, 7) is 8.36. The van der Waals surface area contributed by atoms with E-state index in [1.165, 1.54) is 16.4 Å². The molecule has 0 saturated carbocycles. The third-order valence-corrected chi connectivity index (χ3v) is 7.28. The Labute approximate surface area is 192 Å². The Bertz CT molecular complexity index is 1310. The molecule has 1 aromatic heterocycles. The number of nitro benzene ring substituents is 1. The monoisotopic (exact) mass is 473 g/mol. The number of aromatic hydroxyl groups is 1. The zero-order valence-electron chi connectivity index (χ0n) is 19.0. The molecule has 0 radical (unpaired) electrons. The van der Waals surface area contributed by atoms with Crippen molar-refractivity contribution >= 4 is 38.0 Å². The second-order valence-electron chi connectivity index (χ2n) is 7.89. The number of hydrogen-bond donors (Lipinski definition) is 1. The zero-order chi connectivity index (χ0) is 24.3. The van der Waals surface area contributed by atoms with E-state index in [0.717, 1.165) is 11.6 Å². The van der Waals surface area contributed by atoms with Crippen LogP contribution in [0.2, 0.25) is 0 Å². The van der Waals surface area contributed by atoms with E-state index in [1.54, 1.807) is 24.5 Å². The van der Waals surface area contributed by atoms with Crippen molar-refractivity contribution in [2.75, 3.05) is 13.1 Å². The minimum absolute atomic E-state index is 0.0485. The fourth-order valence-corrected chi connectivity index (χ4v) is 5.23. The van der Waals surface area contributed by atoms with Crippen LogP contribution in [0.25, 0.3) is 10.9 Å². The van der Waals surface area contributed by atoms with Crippen LogP contribution < -0.4 is 0 Å². The predicted octanol–water partition coefficient (Wildman–Crippen LogP) is 5.36. The molecule has 0 atom stereocenters. The molecule has 10 nitrogen and oxygen atoms in total. The number of non-ortho nitro benzene ring substituents is 1. The Hall–Kier alpha value is -3.31. The Morgan fingerprint density at radius 3 is 2.39 bits per heavy atom. The fourth-order valence-electron chi connectivity index (χ4n) is 3.63. The van der Waals surface area contributed by atoms with Gasteiger partial charge in [-0.2, -0.15) is 4.31 Å². The fraction of sp³-hybridized carbons (Fsp3) is 0.364. The summed E-state index contributed by atoms with van der Waals surface area (Å²) >= 11 is 0. The smallest absolute Gasteiger partial charge is 0.270 e. The Morgan fingerprint density at radius 2 is 1.79 bits per heavy atom. The Balaban J connectivity index is 2.18. The largest absolute Gasteiger partial charge is 0.493 e. The summed E-state index contributed by atoms with van der Waals surface area (Å²) in [6.07, 6.45) is 0. The van der Waals surface area contributed by atoms with Gasteiger partial charge >= 0.3 is 0 Å². The van der Waals surface area contributed by atoms with E-state index in [0.29, 0.717) is 11.9 Å². The van der Waals surface area contributed by atoms with Gasteiger partial charge in [-0.25, -0.2) is 8.42 Å². The van der Waals surface area contributed by atoms with E-state index in [4.69, 9.17) is 0 Å². The van der Waals surface area contributed by atoms with Crippen molar-refractivity contribution in [1.29, 1.82) is 0 Å². The molecule has 3 aromatic rings. The normalized spacial score (nSPS) is 12.4. The third-order valence-electron chi connectivity index (χ3n) is 5.20. The second-order valence-corrected chi connectivity index (χ2v) is 9.80. The van der Waals surface area contributed by atoms with Crippen LogP contribution in [0.4, 0.5) is 17.1 Å². The molecule has 0 saturated heterocycles. The van der Waals surface area contributed by atoms with Crippen LogP contribution in [0, 0.1) is 16.0 Å². The van der Waals surface area contributed by atoms with E-state index in [9.17, 15) is 23.6 Å². The van der Waals surface area contributed by atoms with Gasteiger partial charge in [-0.1, -0.05) is 45.9 Å². The molecule has 0 bridgehead atoms. The van der Waals surface area contributed by atoms with Gasteiger partial charge in [0.15, 0.2) is 5.69 Å². The average Bonchev–Trinajstić information content (AvgIpc) is 3.03. The third kappa shape index (κ3) is 4.74. The summed E-state index contributed by atoms with van der Waals surface area (Å²) in [5.41, 5.74) is 0.566. The van der Waals surface area contributed by atoms with E-state index in [2.05, 4.69) is 10.2 Å². The SMILES string of the molecule is CCN(CC)S(=O)(=O)c1cc([N+](=O)[O-])ccc1N=Nc1c(O)n(CC(C)C)c2ccccc12. The quantitative estimate of drug-likeness (QED) is 0.254. The van der Waals surface area contributed by atoms with Crippen molar-refractivity contribution in [1.82, 2.24) is 8.87 Å². The van der Waals surface area contributed by atoms with Crippen LogP contribution in [0.5, 0.6) is 5.88 Å². The summed E-state index contributed by atoms with van der Waals surface area (Å²) in [6, 6.07) is 10.7. The number of para-hydroxylation sites is 1. The van der Waals surface area contributed by atoms with Crippen molar-refractivity contribution in [2.45, 2.75) is 39.1 Å². The van der Waals surface area contributed by atoms with Gasteiger partial charge < -0.3 is 9.67 Å². The molecule has 176 valence electrons. The molecule has 1 N–H and O–H groups in total. The van der Waals surface area contributed by atoms with Gasteiger partial charge in [-0.3, -0.25) is 10.1 Å². The Kier molecular flexibility index (Phi) is 7.13. The molecule has 2 aromatic carbocycles. The zero-order valence-corrected chi connectivity index (χ0v) is 19.8. The van der Waals surface area contributed by atoms with Crippen LogP contribution in [0.15, 0.2) is 57.6 Å². The van der Waals surface area contributed by atoms with E-state index in [-0.39, 0.29) is 46.8 Å². The molecule has 11 heteroatoms. The van der Waals surface area contributed by atoms with E-state index >= 15 is 0 Å². The molecular formula is C22H27N5O5S. The molecule has 0 aliphatic heterocycles. The topological polar surface area (TPSA) is 130 Å². The lowest BCUT2D eigenvalue weighted by Crippen LogP contribution is -2.30. The first kappa shape index (κ1) is 24.3. The Morgan fingerprint density at radius 1 is 1.12 bits per heavy atom. The lowest BCUT2D eigenvalue weighted by Gasteiger charge is -2.19. The molecule has 0 aliphatic carbocycles. The first-order valence-corrected chi connectivity index (χ1v) is 12.1. The van der Waals surface area contributed by atoms with Crippen molar-refractivity contribution in [2.24, 2.45) is 16.1 Å². The summed E-state index contributed by atoms with van der Waals surface area (Å²) in [4.78, 5) is 10.3. The van der Waals surface area contributed by atoms with Gasteiger partial charge in [-0.05, 0) is 18.1 Å². The van der Waals surface area contributed by atoms with Gasteiger partial charge in [0.25, 0.3) is 5.69 Å². The molecule has 0 fully saturated rings. The van der Waals surface area contributed by atoms with Crippen LogP contribution >= 0.6 is 0 Å². The van der Waals surface area contributed by atoms with Crippen molar-refractivity contribution in [3.05, 3.63) is 52.6 Å². The van der Waals surface area contributed by atoms with Gasteiger partial charge in [0.05, 0.1) is 10.4 Å². The molecule has 0 aliphatic rings. The lowest BCUT2D eigenvalue weighted by atomic mass is 10.2. The minimum atomic E-state index is -4.05. The van der Waals surface area contributed by atoms with Crippen LogP contribution in [0.3, 0.4) is 0 Å². The highest BCUT2D eigenvalue weighted by atomic mass is 32.2. The summed E-state index contributed by atoms with van der Waals surface area (Å²) < 4.78 is 29.2. The summed E-state index contributed by atoms with van der Waals surface area (Å²) in [5, 5.41) is 31.1. The molecule has 0 spiro atoms. The number of benzene rings is 2. The summed E-state index contributed by atoms with van der Waals surface area (Å²) in [7, 11) is -4.05. The molecule has 3 rings (SSSR count). The maximum atomic E-state index is 13.2. The molecular weight excluding hydrogens is 446 g/mol. The van der Waals surface area contributed by atoms with E-state index < -0.39 is 14.9 Å². The van der Waals surface area contributed by atoms with Gasteiger partial charge in [-0.15, -0.1) is 10.2 Å². The number of aromatic nitrogens is 1. The van der Waals surface area contributed by atoms with Crippen molar-refractivity contribution < 1.29 is 18.4 Å². The number of azo groups is 1. The number of hydrogen-bond acceptors (Lipinski definition) is 7. The maximum Gasteiger partial charge on any atom is 0.270 e. The van der Waals surface area contributed by atoms with Gasteiger partial charge in [0, 0.05) is 37.2 Å². The average molecular weight is 474 g/mol. The number of nitro groups is 1. The molecule has 1 heterocycles. The maximum absolute atomic E-state index is 13.2. The number of rotatable bonds is 9. The first-order valence-electron chi connectivity index (χ1n) is 10.6. The van der Waals surface area contributed by atoms with Crippen molar-refractivity contribution in [3.63, 3.8) is 0 Å². The highest BCUT2D eigenvalue weighted by Crippen LogP contribution is 2.41. The van der Waals surface area contributed by atoms with Crippen LogP contribution in [-0.2, 0) is 16.6 Å². The standard InChI is InChI=1S/C22H27N5O5S/c1-5-25(6-2)33(31,32)20-13-16(27(29)30)11-12-18(20)23-24-21-17-9-7-8-10-19(17)26(22(21)28)14-15(3)4/h7-13,15,28H,5-6,14H2,1-4H3. The van der Waals surface area contributed by atoms with Gasteiger partial charge in [0.2, 0.25) is 15.9 Å². The van der Waals surface area contributed by atoms with Crippen LogP contribution in [-0.4, -0.2) is 40.4 Å².